The Morgan fingerprint density at radius 1 is 0.941 bits per heavy atom. The van der Waals surface area contributed by atoms with Gasteiger partial charge in [0.2, 0.25) is 17.7 Å². The van der Waals surface area contributed by atoms with Crippen molar-refractivity contribution in [1.82, 2.24) is 21.3 Å². The molecular formula is C25H40N6O3. The van der Waals surface area contributed by atoms with Gasteiger partial charge in [-0.25, -0.2) is 0 Å². The predicted octanol–water partition coefficient (Wildman–Crippen LogP) is 1.75. The van der Waals surface area contributed by atoms with Gasteiger partial charge in [0.15, 0.2) is 5.96 Å². The molecule has 0 heterocycles. The molecule has 0 aliphatic rings. The highest BCUT2D eigenvalue weighted by Gasteiger charge is 2.28. The van der Waals surface area contributed by atoms with Crippen molar-refractivity contribution in [3.8, 4) is 0 Å². The maximum Gasteiger partial charge on any atom is 0.244 e. The molecule has 0 aliphatic carbocycles. The van der Waals surface area contributed by atoms with E-state index in [1.54, 1.807) is 6.08 Å². The summed E-state index contributed by atoms with van der Waals surface area (Å²) in [5.41, 5.74) is 6.12. The van der Waals surface area contributed by atoms with E-state index in [-0.39, 0.29) is 35.5 Å². The molecule has 2 unspecified atom stereocenters. The number of carbonyl (C=O) groups is 3. The van der Waals surface area contributed by atoms with E-state index in [4.69, 9.17) is 11.1 Å². The summed E-state index contributed by atoms with van der Waals surface area (Å²) in [5.74, 6) is -1.06. The van der Waals surface area contributed by atoms with Crippen LogP contribution in [0.3, 0.4) is 0 Å². The van der Waals surface area contributed by atoms with Gasteiger partial charge in [0.1, 0.15) is 12.1 Å². The highest BCUT2D eigenvalue weighted by molar-refractivity contribution is 5.96. The number of benzene rings is 1. The zero-order valence-corrected chi connectivity index (χ0v) is 20.7. The van der Waals surface area contributed by atoms with Crippen LogP contribution >= 0.6 is 0 Å². The number of nitrogens with one attached hydrogen (secondary N) is 5. The summed E-state index contributed by atoms with van der Waals surface area (Å²) < 4.78 is 0. The van der Waals surface area contributed by atoms with Crippen LogP contribution in [0.1, 0.15) is 52.5 Å². The third-order valence-corrected chi connectivity index (χ3v) is 5.03. The lowest BCUT2D eigenvalue weighted by Crippen LogP contribution is -2.55. The van der Waals surface area contributed by atoms with Crippen LogP contribution < -0.4 is 27.0 Å². The van der Waals surface area contributed by atoms with Crippen molar-refractivity contribution in [2.24, 2.45) is 17.6 Å². The maximum atomic E-state index is 13.0. The van der Waals surface area contributed by atoms with Crippen LogP contribution in [0.15, 0.2) is 36.4 Å². The normalized spacial score (nSPS) is 12.9. The molecule has 0 bridgehead atoms. The van der Waals surface area contributed by atoms with Gasteiger partial charge in [-0.15, -0.1) is 0 Å². The Kier molecular flexibility index (Phi) is 13.0. The molecule has 3 amide bonds. The van der Waals surface area contributed by atoms with E-state index in [2.05, 4.69) is 21.3 Å². The van der Waals surface area contributed by atoms with Gasteiger partial charge in [-0.2, -0.15) is 0 Å². The summed E-state index contributed by atoms with van der Waals surface area (Å²) in [6.45, 7) is 8.67. The van der Waals surface area contributed by atoms with Crippen LogP contribution in [0.2, 0.25) is 0 Å². The second-order valence-corrected chi connectivity index (χ2v) is 9.00. The van der Waals surface area contributed by atoms with Crippen molar-refractivity contribution in [1.29, 1.82) is 5.41 Å². The topological polar surface area (TPSA) is 149 Å². The first kappa shape index (κ1) is 28.7. The van der Waals surface area contributed by atoms with Crippen LogP contribution in [0, 0.1) is 17.2 Å². The van der Waals surface area contributed by atoms with Crippen molar-refractivity contribution < 1.29 is 14.4 Å². The van der Waals surface area contributed by atoms with Gasteiger partial charge in [0.05, 0.1) is 0 Å². The van der Waals surface area contributed by atoms with E-state index in [9.17, 15) is 14.4 Å². The molecule has 0 aromatic heterocycles. The highest BCUT2D eigenvalue weighted by atomic mass is 16.2. The minimum atomic E-state index is -0.770. The summed E-state index contributed by atoms with van der Waals surface area (Å²) in [5, 5.41) is 18.3. The third-order valence-electron chi connectivity index (χ3n) is 5.03. The minimum absolute atomic E-state index is 0.0777. The smallest absolute Gasteiger partial charge is 0.244 e. The molecule has 0 saturated carbocycles. The van der Waals surface area contributed by atoms with E-state index in [1.807, 2.05) is 58.0 Å². The molecule has 1 rings (SSSR count). The molecule has 1 aromatic rings. The number of rotatable bonds is 14. The zero-order chi connectivity index (χ0) is 25.5. The number of unbranched alkanes of at least 4 members (excludes halogenated alkanes) is 1. The maximum absolute atomic E-state index is 13.0. The first-order chi connectivity index (χ1) is 16.1. The Balaban J connectivity index is 2.68. The molecule has 9 heteroatoms. The zero-order valence-electron chi connectivity index (χ0n) is 20.7. The van der Waals surface area contributed by atoms with Gasteiger partial charge in [-0.3, -0.25) is 19.8 Å². The van der Waals surface area contributed by atoms with Crippen LogP contribution in [0.25, 0.3) is 6.08 Å². The molecule has 188 valence electrons. The molecule has 1 aromatic carbocycles. The predicted molar refractivity (Wildman–Crippen MR) is 136 cm³/mol. The van der Waals surface area contributed by atoms with E-state index in [0.29, 0.717) is 25.9 Å². The van der Waals surface area contributed by atoms with E-state index >= 15 is 0 Å². The Hall–Kier alpha value is -3.36. The SMILES string of the molecule is CC(C)CC(NC(=O)C(NC(=O)/C=C/c1ccccc1)C(C)C)C(=O)NCCCCNC(=N)N. The van der Waals surface area contributed by atoms with Gasteiger partial charge in [0, 0.05) is 19.2 Å². The fraction of sp³-hybridized carbons (Fsp3) is 0.520. The standard InChI is InChI=1S/C25H40N6O3/c1-17(2)16-20(23(33)28-14-8-9-15-29-25(26)27)30-24(34)22(18(3)4)31-21(32)13-12-19-10-6-5-7-11-19/h5-7,10-13,17-18,20,22H,8-9,14-16H2,1-4H3,(H,28,33)(H,30,34)(H,31,32)(H4,26,27,29)/b13-12+. The van der Waals surface area contributed by atoms with E-state index in [0.717, 1.165) is 12.0 Å². The third kappa shape index (κ3) is 12.0. The average molecular weight is 473 g/mol. The first-order valence-corrected chi connectivity index (χ1v) is 11.8. The number of nitrogens with two attached hydrogens (primary N) is 1. The lowest BCUT2D eigenvalue weighted by atomic mass is 10.00. The average Bonchev–Trinajstić information content (AvgIpc) is 2.77. The summed E-state index contributed by atoms with van der Waals surface area (Å²) in [6.07, 6.45) is 5.03. The first-order valence-electron chi connectivity index (χ1n) is 11.8. The molecule has 0 fully saturated rings. The van der Waals surface area contributed by atoms with Gasteiger partial charge < -0.3 is 27.0 Å². The van der Waals surface area contributed by atoms with Crippen molar-refractivity contribution >= 4 is 29.8 Å². The number of hydrogen-bond acceptors (Lipinski definition) is 4. The monoisotopic (exact) mass is 472 g/mol. The number of amides is 3. The summed E-state index contributed by atoms with van der Waals surface area (Å²) in [6, 6.07) is 7.95. The molecule has 7 N–H and O–H groups in total. The molecule has 2 atom stereocenters. The molecule has 34 heavy (non-hydrogen) atoms. The van der Waals surface area contributed by atoms with Crippen molar-refractivity contribution in [2.75, 3.05) is 13.1 Å². The lowest BCUT2D eigenvalue weighted by molar-refractivity contribution is -0.132. The Labute approximate surface area is 202 Å². The van der Waals surface area contributed by atoms with Crippen LogP contribution in [0.4, 0.5) is 0 Å². The van der Waals surface area contributed by atoms with E-state index in [1.165, 1.54) is 6.08 Å². The molecule has 0 radical (unpaired) electrons. The van der Waals surface area contributed by atoms with E-state index < -0.39 is 12.1 Å². The number of carbonyl (C=O) groups excluding carboxylic acids is 3. The van der Waals surface area contributed by atoms with Gasteiger partial charge in [-0.05, 0) is 42.7 Å². The van der Waals surface area contributed by atoms with Crippen LogP contribution in [-0.4, -0.2) is 48.9 Å². The Morgan fingerprint density at radius 3 is 2.12 bits per heavy atom. The molecule has 9 nitrogen and oxygen atoms in total. The van der Waals surface area contributed by atoms with Crippen molar-refractivity contribution in [2.45, 2.75) is 59.0 Å². The van der Waals surface area contributed by atoms with Gasteiger partial charge >= 0.3 is 0 Å². The Bertz CT molecular complexity index is 823. The fourth-order valence-corrected chi connectivity index (χ4v) is 3.24. The summed E-state index contributed by atoms with van der Waals surface area (Å²) in [7, 11) is 0. The Morgan fingerprint density at radius 2 is 1.56 bits per heavy atom. The lowest BCUT2D eigenvalue weighted by Gasteiger charge is -2.25. The highest BCUT2D eigenvalue weighted by Crippen LogP contribution is 2.09. The fourth-order valence-electron chi connectivity index (χ4n) is 3.24. The molecule has 0 aliphatic heterocycles. The molecule has 0 spiro atoms. The minimum Gasteiger partial charge on any atom is -0.370 e. The van der Waals surface area contributed by atoms with Crippen LogP contribution in [-0.2, 0) is 14.4 Å². The van der Waals surface area contributed by atoms with Gasteiger partial charge in [0.25, 0.3) is 0 Å². The quantitative estimate of drug-likeness (QED) is 0.106. The second kappa shape index (κ2) is 15.5. The number of guanidine groups is 1. The largest absolute Gasteiger partial charge is 0.370 e. The van der Waals surface area contributed by atoms with Crippen molar-refractivity contribution in [3.63, 3.8) is 0 Å². The summed E-state index contributed by atoms with van der Waals surface area (Å²) in [4.78, 5) is 38.2. The second-order valence-electron chi connectivity index (χ2n) is 9.00. The van der Waals surface area contributed by atoms with Crippen molar-refractivity contribution in [3.05, 3.63) is 42.0 Å². The molecule has 0 saturated heterocycles. The van der Waals surface area contributed by atoms with Gasteiger partial charge in [-0.1, -0.05) is 58.0 Å². The molecular weight excluding hydrogens is 432 g/mol. The summed E-state index contributed by atoms with van der Waals surface area (Å²) >= 11 is 0. The van der Waals surface area contributed by atoms with Crippen LogP contribution in [0.5, 0.6) is 0 Å². The number of hydrogen-bond donors (Lipinski definition) is 6.